The maximum Gasteiger partial charge on any atom is 0.356 e. The summed E-state index contributed by atoms with van der Waals surface area (Å²) >= 11 is 0. The van der Waals surface area contributed by atoms with Gasteiger partial charge in [-0.15, -0.1) is 0 Å². The Bertz CT molecular complexity index is 1180. The molecule has 0 aromatic heterocycles. The Labute approximate surface area is 183 Å². The molecular formula is C25H18N2O5. The van der Waals surface area contributed by atoms with Gasteiger partial charge in [-0.25, -0.2) is 9.69 Å². The van der Waals surface area contributed by atoms with Gasteiger partial charge < -0.3 is 10.1 Å². The van der Waals surface area contributed by atoms with Gasteiger partial charge in [0.25, 0.3) is 17.7 Å². The molecule has 0 unspecified atom stereocenters. The molecule has 0 spiro atoms. The van der Waals surface area contributed by atoms with Crippen LogP contribution in [0.1, 0.15) is 36.6 Å². The smallest absolute Gasteiger partial charge is 0.356 e. The molecular weight excluding hydrogens is 408 g/mol. The van der Waals surface area contributed by atoms with Gasteiger partial charge >= 0.3 is 5.97 Å². The van der Waals surface area contributed by atoms with E-state index in [1.54, 1.807) is 66.7 Å². The molecule has 0 atom stereocenters. The highest BCUT2D eigenvalue weighted by atomic mass is 16.5. The molecule has 158 valence electrons. The molecule has 7 nitrogen and oxygen atoms in total. The van der Waals surface area contributed by atoms with E-state index < -0.39 is 30.4 Å². The van der Waals surface area contributed by atoms with Crippen LogP contribution in [-0.2, 0) is 9.53 Å². The molecule has 1 N–H and O–H groups in total. The Morgan fingerprint density at radius 2 is 1.31 bits per heavy atom. The van der Waals surface area contributed by atoms with Gasteiger partial charge in [0.15, 0.2) is 6.73 Å². The molecule has 7 heteroatoms. The third-order valence-corrected chi connectivity index (χ3v) is 4.82. The highest BCUT2D eigenvalue weighted by Gasteiger charge is 2.36. The fraction of sp³-hybridized carbons (Fsp3) is 0.0400. The van der Waals surface area contributed by atoms with Crippen molar-refractivity contribution < 1.29 is 23.9 Å². The van der Waals surface area contributed by atoms with Crippen molar-refractivity contribution in [1.29, 1.82) is 0 Å². The summed E-state index contributed by atoms with van der Waals surface area (Å²) in [7, 11) is 0. The van der Waals surface area contributed by atoms with E-state index in [2.05, 4.69) is 5.32 Å². The first kappa shape index (κ1) is 20.7. The van der Waals surface area contributed by atoms with Crippen LogP contribution in [0.5, 0.6) is 0 Å². The van der Waals surface area contributed by atoms with E-state index in [1.807, 2.05) is 6.07 Å². The monoisotopic (exact) mass is 426 g/mol. The number of ether oxygens (including phenoxy) is 1. The largest absolute Gasteiger partial charge is 0.439 e. The number of nitrogens with zero attached hydrogens (tertiary/aromatic N) is 1. The maximum atomic E-state index is 12.8. The van der Waals surface area contributed by atoms with E-state index in [0.29, 0.717) is 11.1 Å². The molecule has 1 heterocycles. The first-order valence-electron chi connectivity index (χ1n) is 9.80. The average molecular weight is 426 g/mol. The number of nitrogens with one attached hydrogen (secondary N) is 1. The summed E-state index contributed by atoms with van der Waals surface area (Å²) in [6.45, 7) is -0.571. The van der Waals surface area contributed by atoms with Gasteiger partial charge in [-0.3, -0.25) is 14.4 Å². The summed E-state index contributed by atoms with van der Waals surface area (Å²) in [6, 6.07) is 23.7. The van der Waals surface area contributed by atoms with Crippen molar-refractivity contribution in [3.63, 3.8) is 0 Å². The van der Waals surface area contributed by atoms with E-state index in [0.717, 1.165) is 4.90 Å². The van der Waals surface area contributed by atoms with Gasteiger partial charge in [-0.2, -0.15) is 0 Å². The van der Waals surface area contributed by atoms with Crippen LogP contribution in [0.15, 0.2) is 90.6 Å². The van der Waals surface area contributed by atoms with Crippen molar-refractivity contribution in [2.45, 2.75) is 0 Å². The summed E-state index contributed by atoms with van der Waals surface area (Å²) in [5.41, 5.74) is 1.41. The molecule has 3 aromatic carbocycles. The number of fused-ring (bicyclic) bond motifs is 1. The molecule has 3 amide bonds. The van der Waals surface area contributed by atoms with Crippen molar-refractivity contribution >= 4 is 29.8 Å². The van der Waals surface area contributed by atoms with Gasteiger partial charge in [0.2, 0.25) is 0 Å². The molecule has 32 heavy (non-hydrogen) atoms. The molecule has 0 radical (unpaired) electrons. The average Bonchev–Trinajstić information content (AvgIpc) is 3.08. The third-order valence-electron chi connectivity index (χ3n) is 4.82. The van der Waals surface area contributed by atoms with Gasteiger partial charge in [0.1, 0.15) is 5.70 Å². The highest BCUT2D eigenvalue weighted by Crippen LogP contribution is 2.22. The second kappa shape index (κ2) is 9.09. The van der Waals surface area contributed by atoms with E-state index in [9.17, 15) is 19.2 Å². The molecule has 0 fully saturated rings. The zero-order valence-electron chi connectivity index (χ0n) is 16.9. The van der Waals surface area contributed by atoms with Crippen LogP contribution < -0.4 is 5.32 Å². The topological polar surface area (TPSA) is 92.8 Å². The van der Waals surface area contributed by atoms with Gasteiger partial charge in [-0.05, 0) is 35.9 Å². The van der Waals surface area contributed by atoms with Crippen molar-refractivity contribution in [2.24, 2.45) is 0 Å². The summed E-state index contributed by atoms with van der Waals surface area (Å²) in [5.74, 6) is -2.46. The van der Waals surface area contributed by atoms with Crippen LogP contribution in [-0.4, -0.2) is 35.3 Å². The van der Waals surface area contributed by atoms with Crippen molar-refractivity contribution in [3.8, 4) is 0 Å². The lowest BCUT2D eigenvalue weighted by molar-refractivity contribution is -0.141. The SMILES string of the molecule is O=C(OCN1C(=O)c2ccccc2C1=O)/C(=C/c1ccccc1)NC(=O)c1ccccc1. The molecule has 0 aliphatic carbocycles. The lowest BCUT2D eigenvalue weighted by Crippen LogP contribution is -2.35. The van der Waals surface area contributed by atoms with Crippen molar-refractivity contribution in [3.05, 3.63) is 113 Å². The molecule has 0 bridgehead atoms. The van der Waals surface area contributed by atoms with Crippen LogP contribution in [0.3, 0.4) is 0 Å². The number of amides is 3. The molecule has 4 rings (SSSR count). The van der Waals surface area contributed by atoms with Crippen LogP contribution in [0.25, 0.3) is 6.08 Å². The van der Waals surface area contributed by atoms with Crippen LogP contribution in [0.2, 0.25) is 0 Å². The van der Waals surface area contributed by atoms with Crippen LogP contribution in [0.4, 0.5) is 0 Å². The molecule has 1 aliphatic rings. The Morgan fingerprint density at radius 1 is 0.781 bits per heavy atom. The highest BCUT2D eigenvalue weighted by molar-refractivity contribution is 6.21. The summed E-state index contributed by atoms with van der Waals surface area (Å²) in [4.78, 5) is 51.2. The number of hydrogen-bond acceptors (Lipinski definition) is 5. The second-order valence-electron chi connectivity index (χ2n) is 6.93. The number of hydrogen-bond donors (Lipinski definition) is 1. The Hall–Kier alpha value is -4.52. The summed E-state index contributed by atoms with van der Waals surface area (Å²) < 4.78 is 5.23. The number of benzene rings is 3. The van der Waals surface area contributed by atoms with Crippen LogP contribution >= 0.6 is 0 Å². The quantitative estimate of drug-likeness (QED) is 0.371. The minimum atomic E-state index is -0.880. The molecule has 0 saturated heterocycles. The van der Waals surface area contributed by atoms with E-state index >= 15 is 0 Å². The Morgan fingerprint density at radius 3 is 1.91 bits per heavy atom. The number of rotatable bonds is 6. The summed E-state index contributed by atoms with van der Waals surface area (Å²) in [5, 5.41) is 2.56. The predicted octanol–water partition coefficient (Wildman–Crippen LogP) is 3.25. The Kier molecular flexibility index (Phi) is 5.89. The predicted molar refractivity (Wildman–Crippen MR) is 116 cm³/mol. The number of esters is 1. The van der Waals surface area contributed by atoms with E-state index in [4.69, 9.17) is 4.74 Å². The van der Waals surface area contributed by atoms with Crippen molar-refractivity contribution in [1.82, 2.24) is 10.2 Å². The maximum absolute atomic E-state index is 12.8. The lowest BCUT2D eigenvalue weighted by atomic mass is 10.1. The number of carbonyl (C=O) groups is 4. The van der Waals surface area contributed by atoms with E-state index in [-0.39, 0.29) is 16.8 Å². The Balaban J connectivity index is 1.52. The van der Waals surface area contributed by atoms with Gasteiger partial charge in [-0.1, -0.05) is 60.7 Å². The molecule has 1 aliphatic heterocycles. The first-order chi connectivity index (χ1) is 15.5. The third kappa shape index (κ3) is 4.32. The molecule has 3 aromatic rings. The fourth-order valence-electron chi connectivity index (χ4n) is 3.20. The van der Waals surface area contributed by atoms with E-state index in [1.165, 1.54) is 18.2 Å². The minimum absolute atomic E-state index is 0.123. The zero-order chi connectivity index (χ0) is 22.5. The number of imide groups is 1. The molecule has 0 saturated carbocycles. The number of carbonyl (C=O) groups excluding carboxylic acids is 4. The van der Waals surface area contributed by atoms with Crippen molar-refractivity contribution in [2.75, 3.05) is 6.73 Å². The second-order valence-corrected chi connectivity index (χ2v) is 6.93. The minimum Gasteiger partial charge on any atom is -0.439 e. The first-order valence-corrected chi connectivity index (χ1v) is 9.80. The lowest BCUT2D eigenvalue weighted by Gasteiger charge is -2.15. The fourth-order valence-corrected chi connectivity index (χ4v) is 3.20. The van der Waals surface area contributed by atoms with Crippen LogP contribution in [0, 0.1) is 0 Å². The standard InChI is InChI=1S/C25H18N2O5/c28-22(18-11-5-2-6-12-18)26-21(15-17-9-3-1-4-10-17)25(31)32-16-27-23(29)19-13-7-8-14-20(19)24(27)30/h1-15H,16H2,(H,26,28)/b21-15-. The van der Waals surface area contributed by atoms with Gasteiger partial charge in [0.05, 0.1) is 11.1 Å². The van der Waals surface area contributed by atoms with Gasteiger partial charge in [0, 0.05) is 5.56 Å². The normalized spacial score (nSPS) is 13.0. The zero-order valence-corrected chi connectivity index (χ0v) is 16.9. The summed E-state index contributed by atoms with van der Waals surface area (Å²) in [6.07, 6.45) is 1.46.